The van der Waals surface area contributed by atoms with Crippen molar-refractivity contribution in [3.05, 3.63) is 35.4 Å². The molecule has 1 aliphatic heterocycles. The van der Waals surface area contributed by atoms with Gasteiger partial charge in [0.05, 0.1) is 18.2 Å². The van der Waals surface area contributed by atoms with Crippen molar-refractivity contribution in [2.75, 3.05) is 13.7 Å². The molecule has 0 atom stereocenters. The van der Waals surface area contributed by atoms with Gasteiger partial charge in [-0.3, -0.25) is 19.3 Å². The van der Waals surface area contributed by atoms with Crippen molar-refractivity contribution < 1.29 is 19.1 Å². The molecule has 0 fully saturated rings. The molecule has 0 aromatic heterocycles. The standard InChI is InChI=1S/C27H41NO4/c1-32-25(29)21-15-13-11-9-7-5-3-2-4-6-8-10-12-14-18-22-28-26(30)23-19-16-17-20-24(23)27(28)31/h16-17,19-20H,2-15,18,21-22H2,1H3. The molecule has 0 saturated heterocycles. The Morgan fingerprint density at radius 3 is 1.44 bits per heavy atom. The minimum absolute atomic E-state index is 0.0913. The molecule has 5 heteroatoms. The molecule has 0 N–H and O–H groups in total. The van der Waals surface area contributed by atoms with E-state index in [9.17, 15) is 14.4 Å². The molecule has 0 spiro atoms. The number of ether oxygens (including phenoxy) is 1. The fourth-order valence-corrected chi connectivity index (χ4v) is 4.38. The summed E-state index contributed by atoms with van der Waals surface area (Å²) >= 11 is 0. The molecule has 178 valence electrons. The van der Waals surface area contributed by atoms with Crippen molar-refractivity contribution in [1.29, 1.82) is 0 Å². The molecule has 2 amide bonds. The Bertz CT molecular complexity index is 680. The number of esters is 1. The van der Waals surface area contributed by atoms with Gasteiger partial charge in [0.15, 0.2) is 0 Å². The highest BCUT2D eigenvalue weighted by Crippen LogP contribution is 2.23. The number of rotatable bonds is 18. The Morgan fingerprint density at radius 2 is 1.03 bits per heavy atom. The van der Waals surface area contributed by atoms with Crippen LogP contribution in [0.5, 0.6) is 0 Å². The van der Waals surface area contributed by atoms with Crippen molar-refractivity contribution in [2.24, 2.45) is 0 Å². The van der Waals surface area contributed by atoms with Crippen LogP contribution in [0.25, 0.3) is 0 Å². The molecule has 0 unspecified atom stereocenters. The Morgan fingerprint density at radius 1 is 0.656 bits per heavy atom. The minimum atomic E-state index is -0.135. The van der Waals surface area contributed by atoms with Crippen molar-refractivity contribution in [3.8, 4) is 0 Å². The summed E-state index contributed by atoms with van der Waals surface area (Å²) in [5, 5.41) is 0. The zero-order valence-corrected chi connectivity index (χ0v) is 19.9. The van der Waals surface area contributed by atoms with Gasteiger partial charge in [0, 0.05) is 13.0 Å². The van der Waals surface area contributed by atoms with Crippen molar-refractivity contribution >= 4 is 17.8 Å². The molecule has 32 heavy (non-hydrogen) atoms. The number of unbranched alkanes of at least 4 members (excludes halogenated alkanes) is 14. The summed E-state index contributed by atoms with van der Waals surface area (Å²) in [4.78, 5) is 37.1. The van der Waals surface area contributed by atoms with Crippen LogP contribution in [0.4, 0.5) is 0 Å². The molecule has 0 saturated carbocycles. The van der Waals surface area contributed by atoms with Crippen molar-refractivity contribution in [2.45, 2.75) is 103 Å². The lowest BCUT2D eigenvalue weighted by Crippen LogP contribution is -2.30. The van der Waals surface area contributed by atoms with E-state index >= 15 is 0 Å². The summed E-state index contributed by atoms with van der Waals surface area (Å²) in [6.07, 6.45) is 18.8. The second-order valence-electron chi connectivity index (χ2n) is 8.94. The van der Waals surface area contributed by atoms with E-state index in [1.54, 1.807) is 12.1 Å². The Balaban J connectivity index is 1.33. The molecule has 0 bridgehead atoms. The van der Waals surface area contributed by atoms with Gasteiger partial charge in [0.2, 0.25) is 0 Å². The molecular formula is C27H41NO4. The Kier molecular flexibility index (Phi) is 12.7. The highest BCUT2D eigenvalue weighted by Gasteiger charge is 2.34. The van der Waals surface area contributed by atoms with Crippen LogP contribution in [0.1, 0.15) is 123 Å². The second kappa shape index (κ2) is 15.6. The van der Waals surface area contributed by atoms with E-state index in [1.165, 1.54) is 82.6 Å². The third-order valence-corrected chi connectivity index (χ3v) is 6.37. The zero-order valence-electron chi connectivity index (χ0n) is 19.9. The molecule has 2 rings (SSSR count). The van der Waals surface area contributed by atoms with E-state index < -0.39 is 0 Å². The van der Waals surface area contributed by atoms with Crippen LogP contribution in [0.15, 0.2) is 24.3 Å². The number of benzene rings is 1. The van der Waals surface area contributed by atoms with E-state index in [0.29, 0.717) is 24.1 Å². The summed E-state index contributed by atoms with van der Waals surface area (Å²) in [5.41, 5.74) is 1.10. The predicted octanol–water partition coefficient (Wildman–Crippen LogP) is 6.70. The molecule has 0 radical (unpaired) electrons. The number of nitrogens with zero attached hydrogens (tertiary/aromatic N) is 1. The van der Waals surface area contributed by atoms with Crippen LogP contribution in [-0.2, 0) is 9.53 Å². The van der Waals surface area contributed by atoms with Gasteiger partial charge in [-0.05, 0) is 25.0 Å². The monoisotopic (exact) mass is 443 g/mol. The largest absolute Gasteiger partial charge is 0.469 e. The van der Waals surface area contributed by atoms with E-state index in [4.69, 9.17) is 0 Å². The number of fused-ring (bicyclic) bond motifs is 1. The van der Waals surface area contributed by atoms with Crippen LogP contribution in [0.3, 0.4) is 0 Å². The highest BCUT2D eigenvalue weighted by atomic mass is 16.5. The molecule has 1 heterocycles. The van der Waals surface area contributed by atoms with Gasteiger partial charge < -0.3 is 4.74 Å². The second-order valence-corrected chi connectivity index (χ2v) is 8.94. The average Bonchev–Trinajstić information content (AvgIpc) is 3.05. The van der Waals surface area contributed by atoms with Crippen LogP contribution in [-0.4, -0.2) is 36.3 Å². The van der Waals surface area contributed by atoms with Crippen LogP contribution in [0.2, 0.25) is 0 Å². The fourth-order valence-electron chi connectivity index (χ4n) is 4.38. The number of hydrogen-bond donors (Lipinski definition) is 0. The average molecular weight is 444 g/mol. The molecular weight excluding hydrogens is 402 g/mol. The third-order valence-electron chi connectivity index (χ3n) is 6.37. The van der Waals surface area contributed by atoms with Crippen LogP contribution >= 0.6 is 0 Å². The summed E-state index contributed by atoms with van der Waals surface area (Å²) in [5.74, 6) is -0.361. The van der Waals surface area contributed by atoms with E-state index in [1.807, 2.05) is 12.1 Å². The number of imide groups is 1. The lowest BCUT2D eigenvalue weighted by Gasteiger charge is -2.13. The lowest BCUT2D eigenvalue weighted by atomic mass is 10.0. The number of amides is 2. The number of hydrogen-bond acceptors (Lipinski definition) is 4. The normalized spacial score (nSPS) is 13.0. The minimum Gasteiger partial charge on any atom is -0.469 e. The maximum atomic E-state index is 12.3. The first kappa shape index (κ1) is 26.1. The van der Waals surface area contributed by atoms with Gasteiger partial charge in [0.25, 0.3) is 11.8 Å². The van der Waals surface area contributed by atoms with Gasteiger partial charge in [0.1, 0.15) is 0 Å². The first-order valence-corrected chi connectivity index (χ1v) is 12.7. The van der Waals surface area contributed by atoms with Crippen LogP contribution < -0.4 is 0 Å². The third kappa shape index (κ3) is 9.13. The molecule has 1 aliphatic rings. The van der Waals surface area contributed by atoms with E-state index in [0.717, 1.165) is 25.7 Å². The smallest absolute Gasteiger partial charge is 0.305 e. The summed E-state index contributed by atoms with van der Waals surface area (Å²) in [6, 6.07) is 7.10. The van der Waals surface area contributed by atoms with E-state index in [2.05, 4.69) is 4.74 Å². The maximum absolute atomic E-state index is 12.3. The van der Waals surface area contributed by atoms with Crippen LogP contribution in [0, 0.1) is 0 Å². The maximum Gasteiger partial charge on any atom is 0.305 e. The van der Waals surface area contributed by atoms with Gasteiger partial charge in [-0.15, -0.1) is 0 Å². The number of methoxy groups -OCH3 is 1. The number of carbonyl (C=O) groups is 3. The quantitative estimate of drug-likeness (QED) is 0.144. The molecule has 5 nitrogen and oxygen atoms in total. The zero-order chi connectivity index (χ0) is 23.0. The van der Waals surface area contributed by atoms with Gasteiger partial charge >= 0.3 is 5.97 Å². The lowest BCUT2D eigenvalue weighted by molar-refractivity contribution is -0.140. The molecule has 1 aromatic carbocycles. The summed E-state index contributed by atoms with van der Waals surface area (Å²) in [7, 11) is 1.45. The predicted molar refractivity (Wildman–Crippen MR) is 128 cm³/mol. The topological polar surface area (TPSA) is 63.7 Å². The number of carbonyl (C=O) groups excluding carboxylic acids is 3. The SMILES string of the molecule is COC(=O)CCCCCCCCCCCCCCCCCN1C(=O)c2ccccc2C1=O. The van der Waals surface area contributed by atoms with Gasteiger partial charge in [-0.2, -0.15) is 0 Å². The van der Waals surface area contributed by atoms with Gasteiger partial charge in [-0.1, -0.05) is 95.6 Å². The van der Waals surface area contributed by atoms with E-state index in [-0.39, 0.29) is 17.8 Å². The Hall–Kier alpha value is -2.17. The summed E-state index contributed by atoms with van der Waals surface area (Å²) < 4.78 is 4.65. The van der Waals surface area contributed by atoms with Gasteiger partial charge in [-0.25, -0.2) is 0 Å². The fraction of sp³-hybridized carbons (Fsp3) is 0.667. The first-order valence-electron chi connectivity index (χ1n) is 12.7. The van der Waals surface area contributed by atoms with Crippen molar-refractivity contribution in [1.82, 2.24) is 4.90 Å². The first-order chi connectivity index (χ1) is 15.6. The summed E-state index contributed by atoms with van der Waals surface area (Å²) in [6.45, 7) is 0.539. The molecule has 0 aliphatic carbocycles. The van der Waals surface area contributed by atoms with Crippen molar-refractivity contribution in [3.63, 3.8) is 0 Å². The Labute approximate surface area is 193 Å². The highest BCUT2D eigenvalue weighted by molar-refractivity contribution is 6.21. The molecule has 1 aromatic rings.